The zero-order valence-electron chi connectivity index (χ0n) is 14.0. The highest BCUT2D eigenvalue weighted by atomic mass is 79.9. The number of aryl methyl sites for hydroxylation is 2. The summed E-state index contributed by atoms with van der Waals surface area (Å²) in [5, 5.41) is 8.78. The number of benzene rings is 1. The Labute approximate surface area is 158 Å². The second-order valence-electron chi connectivity index (χ2n) is 5.76. The van der Waals surface area contributed by atoms with E-state index in [4.69, 9.17) is 0 Å². The van der Waals surface area contributed by atoms with Crippen molar-refractivity contribution >= 4 is 37.0 Å². The van der Waals surface area contributed by atoms with Crippen molar-refractivity contribution in [1.82, 2.24) is 23.7 Å². The van der Waals surface area contributed by atoms with Crippen LogP contribution in [0.5, 0.6) is 0 Å². The van der Waals surface area contributed by atoms with Gasteiger partial charge in [-0.05, 0) is 54.0 Å². The van der Waals surface area contributed by atoms with Crippen molar-refractivity contribution in [3.63, 3.8) is 0 Å². The molecule has 0 unspecified atom stereocenters. The van der Waals surface area contributed by atoms with E-state index in [0.717, 1.165) is 0 Å². The molecule has 0 saturated heterocycles. The van der Waals surface area contributed by atoms with Crippen LogP contribution < -0.4 is 0 Å². The van der Waals surface area contributed by atoms with E-state index in [0.29, 0.717) is 33.0 Å². The van der Waals surface area contributed by atoms with Crippen LogP contribution in [0.25, 0.3) is 16.9 Å². The predicted molar refractivity (Wildman–Crippen MR) is 101 cm³/mol. The summed E-state index contributed by atoms with van der Waals surface area (Å²) in [6.45, 7) is 3.64. The maximum atomic E-state index is 13.1. The van der Waals surface area contributed by atoms with Gasteiger partial charge in [0.15, 0.2) is 5.65 Å². The minimum Gasteiger partial charge on any atom is -0.267 e. The molecule has 3 aromatic heterocycles. The Hall–Kier alpha value is -2.52. The van der Waals surface area contributed by atoms with Crippen LogP contribution in [0.3, 0.4) is 0 Å². The molecule has 0 aliphatic rings. The lowest BCUT2D eigenvalue weighted by atomic mass is 10.3. The summed E-state index contributed by atoms with van der Waals surface area (Å²) < 4.78 is 29.8. The fraction of sp³-hybridized carbons (Fsp3) is 0.118. The maximum Gasteiger partial charge on any atom is 0.269 e. The molecule has 0 fully saturated rings. The molecule has 0 saturated carbocycles. The summed E-state index contributed by atoms with van der Waals surface area (Å²) in [5.74, 6) is 1.92. The third-order valence-corrected chi connectivity index (χ3v) is 6.37. The summed E-state index contributed by atoms with van der Waals surface area (Å²) in [6, 6.07) is 11.9. The minimum absolute atomic E-state index is 0.202. The zero-order chi connectivity index (χ0) is 18.5. The van der Waals surface area contributed by atoms with E-state index in [1.165, 1.54) is 10.2 Å². The lowest BCUT2D eigenvalue weighted by molar-refractivity contribution is 0.588. The molecule has 132 valence electrons. The highest BCUT2D eigenvalue weighted by Gasteiger charge is 2.22. The highest BCUT2D eigenvalue weighted by Crippen LogP contribution is 2.29. The van der Waals surface area contributed by atoms with Crippen molar-refractivity contribution in [3.05, 3.63) is 64.8 Å². The quantitative estimate of drug-likeness (QED) is 0.497. The van der Waals surface area contributed by atoms with Gasteiger partial charge in [-0.3, -0.25) is 4.57 Å². The number of halogens is 1. The number of aromatic nitrogens is 5. The standard InChI is InChI=1S/C17H14BrN5O2S/c1-11-20-21-12(2)23(11)16-9-8-14-15(18)10-22(17(14)19-16)26(24,25)13-6-4-3-5-7-13/h3-10H,1-2H3. The molecule has 0 bridgehead atoms. The Morgan fingerprint density at radius 1 is 0.962 bits per heavy atom. The third kappa shape index (κ3) is 2.55. The van der Waals surface area contributed by atoms with Crippen molar-refractivity contribution < 1.29 is 8.42 Å². The first-order chi connectivity index (χ1) is 12.4. The van der Waals surface area contributed by atoms with E-state index in [9.17, 15) is 8.42 Å². The Bertz CT molecular complexity index is 1210. The third-order valence-electron chi connectivity index (χ3n) is 4.07. The van der Waals surface area contributed by atoms with Crippen molar-refractivity contribution in [1.29, 1.82) is 0 Å². The smallest absolute Gasteiger partial charge is 0.267 e. The first-order valence-electron chi connectivity index (χ1n) is 7.77. The first-order valence-corrected chi connectivity index (χ1v) is 10.00. The van der Waals surface area contributed by atoms with Gasteiger partial charge in [0, 0.05) is 16.1 Å². The number of pyridine rings is 1. The molecule has 0 amide bonds. The van der Waals surface area contributed by atoms with Crippen LogP contribution in [0.1, 0.15) is 11.6 Å². The summed E-state index contributed by atoms with van der Waals surface area (Å²) in [6.07, 6.45) is 1.52. The molecule has 9 heteroatoms. The van der Waals surface area contributed by atoms with Crippen molar-refractivity contribution in [2.45, 2.75) is 18.7 Å². The molecular weight excluding hydrogens is 418 g/mol. The van der Waals surface area contributed by atoms with Crippen LogP contribution in [0, 0.1) is 13.8 Å². The van der Waals surface area contributed by atoms with Gasteiger partial charge in [-0.25, -0.2) is 17.4 Å². The van der Waals surface area contributed by atoms with E-state index in [1.54, 1.807) is 34.9 Å². The second kappa shape index (κ2) is 6.03. The Morgan fingerprint density at radius 3 is 2.27 bits per heavy atom. The largest absolute Gasteiger partial charge is 0.269 e. The summed E-state index contributed by atoms with van der Waals surface area (Å²) in [5.41, 5.74) is 0.339. The van der Waals surface area contributed by atoms with Crippen molar-refractivity contribution in [2.24, 2.45) is 0 Å². The molecule has 1 aromatic carbocycles. The van der Waals surface area contributed by atoms with Gasteiger partial charge in [0.2, 0.25) is 0 Å². The molecule has 0 atom stereocenters. The molecule has 0 spiro atoms. The van der Waals surface area contributed by atoms with Gasteiger partial charge >= 0.3 is 0 Å². The molecule has 0 aliphatic heterocycles. The van der Waals surface area contributed by atoms with Crippen molar-refractivity contribution in [3.8, 4) is 5.82 Å². The van der Waals surface area contributed by atoms with Gasteiger partial charge in [-0.15, -0.1) is 10.2 Å². The lowest BCUT2D eigenvalue weighted by Crippen LogP contribution is -2.13. The molecule has 26 heavy (non-hydrogen) atoms. The van der Waals surface area contributed by atoms with E-state index in [2.05, 4.69) is 31.1 Å². The van der Waals surface area contributed by atoms with E-state index in [-0.39, 0.29) is 4.90 Å². The molecule has 7 nitrogen and oxygen atoms in total. The van der Waals surface area contributed by atoms with Crippen LogP contribution in [0.15, 0.2) is 58.0 Å². The van der Waals surface area contributed by atoms with E-state index >= 15 is 0 Å². The SMILES string of the molecule is Cc1nnc(C)n1-c1ccc2c(Br)cn(S(=O)(=O)c3ccccc3)c2n1. The predicted octanol–water partition coefficient (Wildman–Crippen LogP) is 3.23. The number of hydrogen-bond donors (Lipinski definition) is 0. The molecule has 0 radical (unpaired) electrons. The number of fused-ring (bicyclic) bond motifs is 1. The van der Waals surface area contributed by atoms with Crippen LogP contribution in [-0.4, -0.2) is 32.1 Å². The first kappa shape index (κ1) is 16.9. The molecule has 3 heterocycles. The van der Waals surface area contributed by atoms with Gasteiger partial charge in [-0.1, -0.05) is 18.2 Å². The lowest BCUT2D eigenvalue weighted by Gasteiger charge is -2.09. The Balaban J connectivity index is 1.99. The number of hydrogen-bond acceptors (Lipinski definition) is 5. The number of rotatable bonds is 3. The van der Waals surface area contributed by atoms with Gasteiger partial charge in [0.25, 0.3) is 10.0 Å². The van der Waals surface area contributed by atoms with Gasteiger partial charge in [0.05, 0.1) is 4.90 Å². The molecule has 4 aromatic rings. The van der Waals surface area contributed by atoms with Crippen LogP contribution in [0.4, 0.5) is 0 Å². The van der Waals surface area contributed by atoms with E-state index in [1.807, 2.05) is 26.0 Å². The van der Waals surface area contributed by atoms with Crippen molar-refractivity contribution in [2.75, 3.05) is 0 Å². The number of nitrogens with zero attached hydrogens (tertiary/aromatic N) is 5. The Kier molecular flexibility index (Phi) is 3.92. The second-order valence-corrected chi connectivity index (χ2v) is 8.43. The minimum atomic E-state index is -3.77. The molecule has 0 N–H and O–H groups in total. The normalized spacial score (nSPS) is 12.0. The monoisotopic (exact) mass is 431 g/mol. The van der Waals surface area contributed by atoms with Crippen LogP contribution in [-0.2, 0) is 10.0 Å². The van der Waals surface area contributed by atoms with Gasteiger partial charge in [0.1, 0.15) is 17.5 Å². The molecular formula is C17H14BrN5O2S. The summed E-state index contributed by atoms with van der Waals surface area (Å²) >= 11 is 3.43. The molecule has 4 rings (SSSR count). The molecule has 0 aliphatic carbocycles. The van der Waals surface area contributed by atoms with E-state index < -0.39 is 10.0 Å². The topological polar surface area (TPSA) is 82.7 Å². The maximum absolute atomic E-state index is 13.1. The Morgan fingerprint density at radius 2 is 1.62 bits per heavy atom. The zero-order valence-corrected chi connectivity index (χ0v) is 16.4. The summed E-state index contributed by atoms with van der Waals surface area (Å²) in [4.78, 5) is 4.79. The summed E-state index contributed by atoms with van der Waals surface area (Å²) in [7, 11) is -3.77. The highest BCUT2D eigenvalue weighted by molar-refractivity contribution is 9.10. The average Bonchev–Trinajstić information content (AvgIpc) is 3.15. The fourth-order valence-corrected chi connectivity index (χ4v) is 4.83. The van der Waals surface area contributed by atoms with Crippen LogP contribution in [0.2, 0.25) is 0 Å². The fourth-order valence-electron chi connectivity index (χ4n) is 2.84. The van der Waals surface area contributed by atoms with Crippen LogP contribution >= 0.6 is 15.9 Å². The van der Waals surface area contributed by atoms with Gasteiger partial charge < -0.3 is 0 Å². The van der Waals surface area contributed by atoms with Gasteiger partial charge in [-0.2, -0.15) is 0 Å². The average molecular weight is 432 g/mol.